The van der Waals surface area contributed by atoms with E-state index in [9.17, 15) is 0 Å². The van der Waals surface area contributed by atoms with Gasteiger partial charge in [0.2, 0.25) is 0 Å². The summed E-state index contributed by atoms with van der Waals surface area (Å²) in [6.45, 7) is 5.83. The molecule has 1 aliphatic rings. The standard InChI is InChI=1S/C25H30N4O2S/c1-17-15-21(18(2)29(17)19-9-7-10-20(16-19)31-4)24-23(22-11-5-6-12-26-22)27-25(32)28(24)13-8-14-30-3/h5-7,9-12,15-16,23-24H,8,13-14H2,1-4H3,(H,27,32)/t23-,24+/m1/s1. The SMILES string of the molecule is COCCCN1C(=S)N[C@H](c2ccccn2)[C@@H]1c1cc(C)n(-c2cccc(OC)c2)c1C. The lowest BCUT2D eigenvalue weighted by molar-refractivity contribution is 0.180. The first-order valence-electron chi connectivity index (χ1n) is 10.9. The number of hydrogen-bond donors (Lipinski definition) is 1. The molecule has 1 aliphatic heterocycles. The van der Waals surface area contributed by atoms with Gasteiger partial charge >= 0.3 is 0 Å². The Balaban J connectivity index is 1.78. The molecule has 1 saturated heterocycles. The van der Waals surface area contributed by atoms with Crippen molar-refractivity contribution in [1.29, 1.82) is 0 Å². The fourth-order valence-electron chi connectivity index (χ4n) is 4.60. The van der Waals surface area contributed by atoms with Crippen LogP contribution < -0.4 is 10.1 Å². The highest BCUT2D eigenvalue weighted by Gasteiger charge is 2.41. The van der Waals surface area contributed by atoms with Crippen LogP contribution in [0.3, 0.4) is 0 Å². The van der Waals surface area contributed by atoms with Crippen molar-refractivity contribution in [3.63, 3.8) is 0 Å². The van der Waals surface area contributed by atoms with Crippen LogP contribution in [0.4, 0.5) is 0 Å². The fraction of sp³-hybridized carbons (Fsp3) is 0.360. The van der Waals surface area contributed by atoms with Gasteiger partial charge in [-0.15, -0.1) is 0 Å². The Kier molecular flexibility index (Phi) is 6.77. The second kappa shape index (κ2) is 9.71. The predicted molar refractivity (Wildman–Crippen MR) is 130 cm³/mol. The molecule has 0 saturated carbocycles. The van der Waals surface area contributed by atoms with Crippen LogP contribution in [0, 0.1) is 13.8 Å². The molecule has 3 aromatic rings. The summed E-state index contributed by atoms with van der Waals surface area (Å²) in [7, 11) is 3.43. The molecule has 0 radical (unpaired) electrons. The Morgan fingerprint density at radius 3 is 2.66 bits per heavy atom. The highest BCUT2D eigenvalue weighted by atomic mass is 32.1. The van der Waals surface area contributed by atoms with E-state index >= 15 is 0 Å². The third kappa shape index (κ3) is 4.23. The lowest BCUT2D eigenvalue weighted by Gasteiger charge is -2.28. The van der Waals surface area contributed by atoms with Gasteiger partial charge in [0, 0.05) is 49.6 Å². The monoisotopic (exact) mass is 450 g/mol. The normalized spacial score (nSPS) is 18.1. The Morgan fingerprint density at radius 2 is 1.94 bits per heavy atom. The van der Waals surface area contributed by atoms with Crippen LogP contribution in [0.2, 0.25) is 0 Å². The number of hydrogen-bond acceptors (Lipinski definition) is 4. The Morgan fingerprint density at radius 1 is 1.09 bits per heavy atom. The molecule has 6 nitrogen and oxygen atoms in total. The van der Waals surface area contributed by atoms with Crippen LogP contribution in [0.1, 0.15) is 41.1 Å². The lowest BCUT2D eigenvalue weighted by atomic mass is 9.96. The predicted octanol–water partition coefficient (Wildman–Crippen LogP) is 4.51. The largest absolute Gasteiger partial charge is 0.497 e. The van der Waals surface area contributed by atoms with Gasteiger partial charge in [-0.25, -0.2) is 0 Å². The van der Waals surface area contributed by atoms with Crippen molar-refractivity contribution >= 4 is 17.3 Å². The number of thiocarbonyl (C=S) groups is 1. The van der Waals surface area contributed by atoms with Gasteiger partial charge in [-0.05, 0) is 68.4 Å². The number of rotatable bonds is 8. The molecular formula is C25H30N4O2S. The van der Waals surface area contributed by atoms with Crippen molar-refractivity contribution in [3.05, 3.63) is 77.4 Å². The maximum atomic E-state index is 5.78. The first kappa shape index (κ1) is 22.3. The van der Waals surface area contributed by atoms with E-state index in [4.69, 9.17) is 21.7 Å². The summed E-state index contributed by atoms with van der Waals surface area (Å²) in [5, 5.41) is 4.29. The second-order valence-corrected chi connectivity index (χ2v) is 8.42. The van der Waals surface area contributed by atoms with Gasteiger partial charge < -0.3 is 24.3 Å². The van der Waals surface area contributed by atoms with Gasteiger partial charge in [-0.2, -0.15) is 0 Å². The summed E-state index contributed by atoms with van der Waals surface area (Å²) in [6.07, 6.45) is 2.74. The number of methoxy groups -OCH3 is 2. The number of aryl methyl sites for hydroxylation is 1. The molecule has 1 N–H and O–H groups in total. The summed E-state index contributed by atoms with van der Waals surface area (Å²) in [6, 6.07) is 16.5. The minimum Gasteiger partial charge on any atom is -0.497 e. The third-order valence-electron chi connectivity index (χ3n) is 6.05. The molecule has 3 heterocycles. The maximum Gasteiger partial charge on any atom is 0.170 e. The van der Waals surface area contributed by atoms with Crippen molar-refractivity contribution in [2.75, 3.05) is 27.4 Å². The number of nitrogens with zero attached hydrogens (tertiary/aromatic N) is 3. The summed E-state index contributed by atoms with van der Waals surface area (Å²) in [5.74, 6) is 0.841. The van der Waals surface area contributed by atoms with Crippen LogP contribution in [0.25, 0.3) is 5.69 Å². The van der Waals surface area contributed by atoms with E-state index in [1.807, 2.05) is 30.5 Å². The zero-order valence-electron chi connectivity index (χ0n) is 19.0. The van der Waals surface area contributed by atoms with Gasteiger partial charge in [-0.1, -0.05) is 12.1 Å². The van der Waals surface area contributed by atoms with E-state index < -0.39 is 0 Å². The van der Waals surface area contributed by atoms with E-state index in [1.165, 1.54) is 17.0 Å². The van der Waals surface area contributed by atoms with Crippen LogP contribution >= 0.6 is 12.2 Å². The van der Waals surface area contributed by atoms with Gasteiger partial charge in [0.25, 0.3) is 0 Å². The minimum absolute atomic E-state index is 0.0227. The van der Waals surface area contributed by atoms with Gasteiger partial charge in [0.1, 0.15) is 5.75 Å². The van der Waals surface area contributed by atoms with E-state index in [0.717, 1.165) is 35.2 Å². The number of nitrogens with one attached hydrogen (secondary N) is 1. The molecule has 4 rings (SSSR count). The zero-order valence-corrected chi connectivity index (χ0v) is 19.9. The van der Waals surface area contributed by atoms with Gasteiger partial charge in [-0.3, -0.25) is 4.98 Å². The zero-order chi connectivity index (χ0) is 22.7. The Hall–Kier alpha value is -2.90. The highest BCUT2D eigenvalue weighted by Crippen LogP contribution is 2.41. The van der Waals surface area contributed by atoms with Gasteiger partial charge in [0.05, 0.1) is 24.9 Å². The summed E-state index contributed by atoms with van der Waals surface area (Å²) >= 11 is 5.78. The van der Waals surface area contributed by atoms with Crippen LogP contribution in [-0.2, 0) is 4.74 Å². The lowest BCUT2D eigenvalue weighted by Crippen LogP contribution is -2.31. The molecular weight excluding hydrogens is 420 g/mol. The first-order valence-corrected chi connectivity index (χ1v) is 11.3. The van der Waals surface area contributed by atoms with Crippen molar-refractivity contribution in [2.24, 2.45) is 0 Å². The molecule has 7 heteroatoms. The average molecular weight is 451 g/mol. The molecule has 2 atom stereocenters. The molecule has 1 fully saturated rings. The third-order valence-corrected chi connectivity index (χ3v) is 6.40. The molecule has 0 bridgehead atoms. The minimum atomic E-state index is -0.0227. The van der Waals surface area contributed by atoms with Crippen molar-refractivity contribution in [1.82, 2.24) is 19.8 Å². The summed E-state index contributed by atoms with van der Waals surface area (Å²) < 4.78 is 13.0. The number of benzene rings is 1. The van der Waals surface area contributed by atoms with Crippen molar-refractivity contribution in [2.45, 2.75) is 32.4 Å². The summed E-state index contributed by atoms with van der Waals surface area (Å²) in [5.41, 5.74) is 5.66. The smallest absolute Gasteiger partial charge is 0.170 e. The molecule has 168 valence electrons. The molecule has 0 amide bonds. The highest BCUT2D eigenvalue weighted by molar-refractivity contribution is 7.80. The molecule has 32 heavy (non-hydrogen) atoms. The molecule has 0 spiro atoms. The van der Waals surface area contributed by atoms with E-state index in [0.29, 0.717) is 6.61 Å². The van der Waals surface area contributed by atoms with E-state index in [2.05, 4.69) is 57.9 Å². The van der Waals surface area contributed by atoms with Crippen molar-refractivity contribution in [3.8, 4) is 11.4 Å². The topological polar surface area (TPSA) is 51.5 Å². The fourth-order valence-corrected chi connectivity index (χ4v) is 4.93. The quantitative estimate of drug-likeness (QED) is 0.403. The molecule has 0 unspecified atom stereocenters. The second-order valence-electron chi connectivity index (χ2n) is 8.03. The summed E-state index contributed by atoms with van der Waals surface area (Å²) in [4.78, 5) is 6.93. The molecule has 2 aromatic heterocycles. The number of aromatic nitrogens is 2. The van der Waals surface area contributed by atoms with Crippen molar-refractivity contribution < 1.29 is 9.47 Å². The Bertz CT molecular complexity index is 1080. The van der Waals surface area contributed by atoms with E-state index in [-0.39, 0.29) is 12.1 Å². The Labute approximate surface area is 195 Å². The average Bonchev–Trinajstić information content (AvgIpc) is 3.29. The number of ether oxygens (including phenoxy) is 2. The van der Waals surface area contributed by atoms with Crippen LogP contribution in [-0.4, -0.2) is 46.9 Å². The first-order chi connectivity index (χ1) is 15.5. The van der Waals surface area contributed by atoms with Crippen LogP contribution in [0.5, 0.6) is 5.75 Å². The van der Waals surface area contributed by atoms with Crippen LogP contribution in [0.15, 0.2) is 54.7 Å². The molecule has 1 aromatic carbocycles. The van der Waals surface area contributed by atoms with E-state index in [1.54, 1.807) is 14.2 Å². The van der Waals surface area contributed by atoms with Gasteiger partial charge in [0.15, 0.2) is 5.11 Å². The number of pyridine rings is 1. The molecule has 0 aliphatic carbocycles. The maximum absolute atomic E-state index is 5.78.